The highest BCUT2D eigenvalue weighted by atomic mass is 32.1. The number of rotatable bonds is 5. The Kier molecular flexibility index (Phi) is 4.59. The van der Waals surface area contributed by atoms with Crippen molar-refractivity contribution in [3.63, 3.8) is 0 Å². The van der Waals surface area contributed by atoms with Gasteiger partial charge in [-0.2, -0.15) is 0 Å². The van der Waals surface area contributed by atoms with E-state index in [1.165, 1.54) is 16.4 Å². The van der Waals surface area contributed by atoms with E-state index < -0.39 is 0 Å². The van der Waals surface area contributed by atoms with E-state index in [1.807, 2.05) is 17.5 Å². The van der Waals surface area contributed by atoms with Crippen LogP contribution in [0.4, 0.5) is 5.13 Å². The Balaban J connectivity index is 1.90. The molecule has 1 atom stereocenters. The zero-order chi connectivity index (χ0) is 13.1. The molecule has 1 aliphatic heterocycles. The van der Waals surface area contributed by atoms with Gasteiger partial charge in [-0.1, -0.05) is 13.8 Å². The number of nitrogens with one attached hydrogen (secondary N) is 1. The molecule has 5 heteroatoms. The highest BCUT2D eigenvalue weighted by molar-refractivity contribution is 7.15. The van der Waals surface area contributed by atoms with Crippen molar-refractivity contribution in [3.8, 4) is 0 Å². The van der Waals surface area contributed by atoms with Crippen molar-refractivity contribution in [2.45, 2.75) is 38.9 Å². The van der Waals surface area contributed by atoms with Gasteiger partial charge in [0, 0.05) is 42.8 Å². The number of hydrogen-bond donors (Lipinski definition) is 1. The Hall–Kier alpha value is -0.650. The second-order valence-corrected chi connectivity index (χ2v) is 6.59. The lowest BCUT2D eigenvalue weighted by molar-refractivity contribution is 0.315. The first-order chi connectivity index (χ1) is 8.56. The van der Waals surface area contributed by atoms with Gasteiger partial charge in [-0.05, 0) is 20.5 Å². The Morgan fingerprint density at radius 2 is 2.33 bits per heavy atom. The molecular weight excluding hydrogens is 244 g/mol. The van der Waals surface area contributed by atoms with Crippen molar-refractivity contribution in [1.82, 2.24) is 15.2 Å². The fraction of sp³-hybridized carbons (Fsp3) is 0.769. The van der Waals surface area contributed by atoms with Gasteiger partial charge in [-0.15, -0.1) is 11.3 Å². The predicted molar refractivity (Wildman–Crippen MR) is 78.4 cm³/mol. The molecule has 1 aromatic heterocycles. The van der Waals surface area contributed by atoms with Crippen LogP contribution in [0.3, 0.4) is 0 Å². The van der Waals surface area contributed by atoms with Gasteiger partial charge in [-0.3, -0.25) is 0 Å². The van der Waals surface area contributed by atoms with Crippen LogP contribution in [0.2, 0.25) is 0 Å². The molecule has 0 spiro atoms. The van der Waals surface area contributed by atoms with Gasteiger partial charge >= 0.3 is 0 Å². The minimum absolute atomic E-state index is 0.528. The maximum atomic E-state index is 4.56. The largest absolute Gasteiger partial charge is 0.346 e. The Morgan fingerprint density at radius 1 is 1.56 bits per heavy atom. The summed E-state index contributed by atoms with van der Waals surface area (Å²) in [5.41, 5.74) is 0. The molecule has 1 fully saturated rings. The second kappa shape index (κ2) is 5.99. The molecule has 1 unspecified atom stereocenters. The molecule has 0 radical (unpaired) electrons. The monoisotopic (exact) mass is 268 g/mol. The quantitative estimate of drug-likeness (QED) is 0.882. The summed E-state index contributed by atoms with van der Waals surface area (Å²) in [6.45, 7) is 7.51. The first kappa shape index (κ1) is 13.8. The van der Waals surface area contributed by atoms with Crippen molar-refractivity contribution in [2.24, 2.45) is 0 Å². The van der Waals surface area contributed by atoms with E-state index in [0.717, 1.165) is 19.6 Å². The number of aromatic nitrogens is 1. The molecule has 18 heavy (non-hydrogen) atoms. The van der Waals surface area contributed by atoms with Gasteiger partial charge < -0.3 is 15.1 Å². The third kappa shape index (κ3) is 3.43. The van der Waals surface area contributed by atoms with Gasteiger partial charge in [0.2, 0.25) is 0 Å². The van der Waals surface area contributed by atoms with Gasteiger partial charge in [0.1, 0.15) is 0 Å². The van der Waals surface area contributed by atoms with Crippen molar-refractivity contribution >= 4 is 16.5 Å². The number of thiazole rings is 1. The SMILES string of the molecule is CC(C)NCc1cnc(N2CCC(N(C)C)C2)s1. The lowest BCUT2D eigenvalue weighted by Gasteiger charge is -2.19. The Labute approximate surface area is 114 Å². The highest BCUT2D eigenvalue weighted by Gasteiger charge is 2.25. The molecule has 4 nitrogen and oxygen atoms in total. The summed E-state index contributed by atoms with van der Waals surface area (Å²) in [6, 6.07) is 1.20. The maximum absolute atomic E-state index is 4.56. The van der Waals surface area contributed by atoms with Gasteiger partial charge in [-0.25, -0.2) is 4.98 Å². The third-order valence-corrected chi connectivity index (χ3v) is 4.45. The first-order valence-corrected chi connectivity index (χ1v) is 7.47. The lowest BCUT2D eigenvalue weighted by Crippen LogP contribution is -2.31. The third-order valence-electron chi connectivity index (χ3n) is 3.39. The van der Waals surface area contributed by atoms with E-state index in [-0.39, 0.29) is 0 Å². The molecule has 0 bridgehead atoms. The number of anilines is 1. The van der Waals surface area contributed by atoms with E-state index in [0.29, 0.717) is 12.1 Å². The molecule has 0 aromatic carbocycles. The van der Waals surface area contributed by atoms with E-state index in [1.54, 1.807) is 0 Å². The van der Waals surface area contributed by atoms with Crippen molar-refractivity contribution in [2.75, 3.05) is 32.1 Å². The molecule has 0 aliphatic carbocycles. The number of nitrogens with zero attached hydrogens (tertiary/aromatic N) is 3. The van der Waals surface area contributed by atoms with Crippen LogP contribution in [0.15, 0.2) is 6.20 Å². The number of hydrogen-bond acceptors (Lipinski definition) is 5. The zero-order valence-electron chi connectivity index (χ0n) is 11.8. The maximum Gasteiger partial charge on any atom is 0.185 e. The molecule has 1 N–H and O–H groups in total. The molecule has 1 saturated heterocycles. The second-order valence-electron chi connectivity index (χ2n) is 5.50. The van der Waals surface area contributed by atoms with E-state index in [4.69, 9.17) is 0 Å². The van der Waals surface area contributed by atoms with Crippen molar-refractivity contribution in [3.05, 3.63) is 11.1 Å². The summed E-state index contributed by atoms with van der Waals surface area (Å²) in [7, 11) is 4.32. The van der Waals surface area contributed by atoms with Gasteiger partial charge in [0.25, 0.3) is 0 Å². The van der Waals surface area contributed by atoms with E-state index >= 15 is 0 Å². The molecule has 1 aliphatic rings. The average molecular weight is 268 g/mol. The molecular formula is C13H24N4S. The highest BCUT2D eigenvalue weighted by Crippen LogP contribution is 2.26. The standard InChI is InChI=1S/C13H24N4S/c1-10(2)14-7-12-8-15-13(18-12)17-6-5-11(9-17)16(3)4/h8,10-11,14H,5-7,9H2,1-4H3. The molecule has 2 heterocycles. The summed E-state index contributed by atoms with van der Waals surface area (Å²) in [4.78, 5) is 10.6. The Morgan fingerprint density at radius 3 is 2.94 bits per heavy atom. The van der Waals surface area contributed by atoms with Crippen molar-refractivity contribution in [1.29, 1.82) is 0 Å². The van der Waals surface area contributed by atoms with Gasteiger partial charge in [0.15, 0.2) is 5.13 Å². The number of likely N-dealkylation sites (N-methyl/N-ethyl adjacent to an activating group) is 1. The normalized spacial score (nSPS) is 20.3. The van der Waals surface area contributed by atoms with Crippen LogP contribution in [-0.2, 0) is 6.54 Å². The van der Waals surface area contributed by atoms with Crippen LogP contribution in [0.25, 0.3) is 0 Å². The van der Waals surface area contributed by atoms with Crippen LogP contribution in [0, 0.1) is 0 Å². The summed E-state index contributed by atoms with van der Waals surface area (Å²) < 4.78 is 0. The molecule has 1 aromatic rings. The average Bonchev–Trinajstić information content (AvgIpc) is 2.95. The van der Waals surface area contributed by atoms with E-state index in [9.17, 15) is 0 Å². The summed E-state index contributed by atoms with van der Waals surface area (Å²) in [6.07, 6.45) is 3.25. The fourth-order valence-corrected chi connectivity index (χ4v) is 3.06. The molecule has 0 saturated carbocycles. The zero-order valence-corrected chi connectivity index (χ0v) is 12.6. The smallest absolute Gasteiger partial charge is 0.185 e. The molecule has 2 rings (SSSR count). The van der Waals surface area contributed by atoms with Crippen LogP contribution in [0.5, 0.6) is 0 Å². The minimum atomic E-state index is 0.528. The predicted octanol–water partition coefficient (Wildman–Crippen LogP) is 1.78. The summed E-state index contributed by atoms with van der Waals surface area (Å²) >= 11 is 1.82. The van der Waals surface area contributed by atoms with Crippen molar-refractivity contribution < 1.29 is 0 Å². The molecule has 0 amide bonds. The van der Waals surface area contributed by atoms with Crippen LogP contribution in [0.1, 0.15) is 25.1 Å². The molecule has 102 valence electrons. The van der Waals surface area contributed by atoms with Gasteiger partial charge in [0.05, 0.1) is 0 Å². The van der Waals surface area contributed by atoms with Crippen LogP contribution < -0.4 is 10.2 Å². The first-order valence-electron chi connectivity index (χ1n) is 6.65. The topological polar surface area (TPSA) is 31.4 Å². The van der Waals surface area contributed by atoms with E-state index in [2.05, 4.69) is 48.0 Å². The minimum Gasteiger partial charge on any atom is -0.346 e. The lowest BCUT2D eigenvalue weighted by atomic mass is 10.2. The van der Waals surface area contributed by atoms with Crippen LogP contribution in [-0.4, -0.2) is 49.2 Å². The Bertz CT molecular complexity index is 375. The fourth-order valence-electron chi connectivity index (χ4n) is 2.17. The summed E-state index contributed by atoms with van der Waals surface area (Å²) in [5, 5.41) is 4.62. The summed E-state index contributed by atoms with van der Waals surface area (Å²) in [5.74, 6) is 0. The van der Waals surface area contributed by atoms with Crippen LogP contribution >= 0.6 is 11.3 Å².